The van der Waals surface area contributed by atoms with Gasteiger partial charge in [-0.2, -0.15) is 0 Å². The fourth-order valence-corrected chi connectivity index (χ4v) is 2.80. The summed E-state index contributed by atoms with van der Waals surface area (Å²) >= 11 is 0. The van der Waals surface area contributed by atoms with Gasteiger partial charge in [-0.1, -0.05) is 48.5 Å². The lowest BCUT2D eigenvalue weighted by Crippen LogP contribution is -2.27. The van der Waals surface area contributed by atoms with Crippen molar-refractivity contribution in [1.82, 2.24) is 15.5 Å². The maximum atomic E-state index is 13.6. The van der Waals surface area contributed by atoms with Gasteiger partial charge < -0.3 is 10.6 Å². The third-order valence-electron chi connectivity index (χ3n) is 4.33. The van der Waals surface area contributed by atoms with E-state index in [1.807, 2.05) is 18.2 Å². The summed E-state index contributed by atoms with van der Waals surface area (Å²) in [5.41, 5.74) is 2.12. The molecule has 0 radical (unpaired) electrons. The van der Waals surface area contributed by atoms with Crippen molar-refractivity contribution >= 4 is 11.7 Å². The minimum atomic E-state index is -0.320. The van der Waals surface area contributed by atoms with E-state index in [0.717, 1.165) is 19.4 Å². The zero-order valence-electron chi connectivity index (χ0n) is 15.6. The number of aromatic nitrogens is 2. The molecular formula is C22H23FN4O. The molecule has 0 bridgehead atoms. The van der Waals surface area contributed by atoms with Gasteiger partial charge in [-0.25, -0.2) is 4.39 Å². The van der Waals surface area contributed by atoms with Gasteiger partial charge >= 0.3 is 0 Å². The Bertz CT molecular complexity index is 885. The molecule has 0 spiro atoms. The van der Waals surface area contributed by atoms with E-state index in [1.54, 1.807) is 30.3 Å². The molecule has 144 valence electrons. The number of hydrogen-bond acceptors (Lipinski definition) is 4. The molecule has 6 heteroatoms. The number of amides is 1. The van der Waals surface area contributed by atoms with E-state index in [-0.39, 0.29) is 17.4 Å². The van der Waals surface area contributed by atoms with Crippen LogP contribution in [0.1, 0.15) is 28.0 Å². The van der Waals surface area contributed by atoms with E-state index in [4.69, 9.17) is 0 Å². The Morgan fingerprint density at radius 2 is 1.64 bits per heavy atom. The van der Waals surface area contributed by atoms with Crippen molar-refractivity contribution in [3.05, 3.63) is 89.4 Å². The summed E-state index contributed by atoms with van der Waals surface area (Å²) in [4.78, 5) is 12.1. The van der Waals surface area contributed by atoms with Crippen LogP contribution in [0, 0.1) is 5.82 Å². The van der Waals surface area contributed by atoms with E-state index < -0.39 is 0 Å². The number of nitrogens with one attached hydrogen (secondary N) is 2. The molecule has 0 aliphatic heterocycles. The van der Waals surface area contributed by atoms with Gasteiger partial charge in [0.25, 0.3) is 5.91 Å². The molecule has 3 aromatic rings. The first kappa shape index (κ1) is 19.5. The molecule has 3 rings (SSSR count). The molecule has 0 unspecified atom stereocenters. The first-order valence-corrected chi connectivity index (χ1v) is 9.35. The fourth-order valence-electron chi connectivity index (χ4n) is 2.80. The van der Waals surface area contributed by atoms with E-state index in [9.17, 15) is 9.18 Å². The van der Waals surface area contributed by atoms with Crippen molar-refractivity contribution in [2.24, 2.45) is 0 Å². The smallest absolute Gasteiger partial charge is 0.271 e. The highest BCUT2D eigenvalue weighted by Crippen LogP contribution is 2.07. The van der Waals surface area contributed by atoms with Crippen LogP contribution < -0.4 is 10.6 Å². The van der Waals surface area contributed by atoms with Gasteiger partial charge in [0.1, 0.15) is 11.6 Å². The Hall–Kier alpha value is -3.28. The van der Waals surface area contributed by atoms with Crippen molar-refractivity contribution < 1.29 is 9.18 Å². The lowest BCUT2D eigenvalue weighted by Gasteiger charge is -2.07. The van der Waals surface area contributed by atoms with Crippen LogP contribution >= 0.6 is 0 Å². The number of halogens is 1. The van der Waals surface area contributed by atoms with Crippen molar-refractivity contribution in [2.45, 2.75) is 19.3 Å². The van der Waals surface area contributed by atoms with Crippen LogP contribution in [-0.4, -0.2) is 29.2 Å². The summed E-state index contributed by atoms with van der Waals surface area (Å²) in [6.07, 6.45) is 2.39. The van der Waals surface area contributed by atoms with E-state index in [0.29, 0.717) is 24.3 Å². The summed E-state index contributed by atoms with van der Waals surface area (Å²) in [6.45, 7) is 1.11. The normalized spacial score (nSPS) is 10.5. The predicted molar refractivity (Wildman–Crippen MR) is 108 cm³/mol. The largest absolute Gasteiger partial charge is 0.369 e. The highest BCUT2D eigenvalue weighted by molar-refractivity contribution is 5.92. The first-order chi connectivity index (χ1) is 13.7. The molecule has 28 heavy (non-hydrogen) atoms. The molecule has 2 aromatic carbocycles. The average Bonchev–Trinajstić information content (AvgIpc) is 2.74. The fraction of sp³-hybridized carbons (Fsp3) is 0.227. The number of nitrogens with zero attached hydrogens (tertiary/aromatic N) is 2. The van der Waals surface area contributed by atoms with Gasteiger partial charge in [-0.05, 0) is 48.6 Å². The second-order valence-electron chi connectivity index (χ2n) is 6.42. The van der Waals surface area contributed by atoms with Crippen LogP contribution in [0.2, 0.25) is 0 Å². The molecule has 0 saturated carbocycles. The third kappa shape index (κ3) is 5.87. The first-order valence-electron chi connectivity index (χ1n) is 9.35. The van der Waals surface area contributed by atoms with Gasteiger partial charge in [-0.15, -0.1) is 10.2 Å². The molecule has 1 heterocycles. The van der Waals surface area contributed by atoms with Crippen LogP contribution in [0.5, 0.6) is 0 Å². The van der Waals surface area contributed by atoms with Crippen molar-refractivity contribution in [3.63, 3.8) is 0 Å². The Morgan fingerprint density at radius 1 is 0.857 bits per heavy atom. The maximum Gasteiger partial charge on any atom is 0.271 e. The maximum absolute atomic E-state index is 13.6. The van der Waals surface area contributed by atoms with Gasteiger partial charge in [0.15, 0.2) is 5.69 Å². The summed E-state index contributed by atoms with van der Waals surface area (Å²) in [5.74, 6) is 0.0506. The molecular weight excluding hydrogens is 355 g/mol. The highest BCUT2D eigenvalue weighted by atomic mass is 19.1. The molecule has 0 atom stereocenters. The van der Waals surface area contributed by atoms with E-state index in [2.05, 4.69) is 33.0 Å². The highest BCUT2D eigenvalue weighted by Gasteiger charge is 2.08. The van der Waals surface area contributed by atoms with Gasteiger partial charge in [0, 0.05) is 13.1 Å². The predicted octanol–water partition coefficient (Wildman–Crippen LogP) is 3.63. The zero-order chi connectivity index (χ0) is 19.6. The SMILES string of the molecule is O=C(NCCc1ccccc1F)c1ccc(NCCCc2ccccc2)nn1. The number of benzene rings is 2. The molecule has 0 aliphatic carbocycles. The van der Waals surface area contributed by atoms with Crippen LogP contribution in [0.3, 0.4) is 0 Å². The van der Waals surface area contributed by atoms with E-state index in [1.165, 1.54) is 11.6 Å². The zero-order valence-corrected chi connectivity index (χ0v) is 15.6. The summed E-state index contributed by atoms with van der Waals surface area (Å²) in [6, 6.07) is 20.2. The standard InChI is InChI=1S/C22H23FN4O/c23-19-11-5-4-10-18(19)14-16-25-22(28)20-12-13-21(27-26-20)24-15-6-9-17-7-2-1-3-8-17/h1-5,7-8,10-13H,6,9,14-16H2,(H,24,27)(H,25,28). The Labute approximate surface area is 164 Å². The van der Waals surface area contributed by atoms with Crippen LogP contribution in [-0.2, 0) is 12.8 Å². The summed E-state index contributed by atoms with van der Waals surface area (Å²) in [7, 11) is 0. The number of aryl methyl sites for hydroxylation is 1. The number of rotatable bonds is 9. The summed E-state index contributed by atoms with van der Waals surface area (Å²) < 4.78 is 13.6. The van der Waals surface area contributed by atoms with Crippen molar-refractivity contribution in [3.8, 4) is 0 Å². The number of carbonyl (C=O) groups excluding carboxylic acids is 1. The molecule has 0 aliphatic rings. The molecule has 0 saturated heterocycles. The monoisotopic (exact) mass is 378 g/mol. The van der Waals surface area contributed by atoms with Crippen molar-refractivity contribution in [2.75, 3.05) is 18.4 Å². The number of anilines is 1. The quantitative estimate of drug-likeness (QED) is 0.558. The molecule has 5 nitrogen and oxygen atoms in total. The minimum Gasteiger partial charge on any atom is -0.369 e. The van der Waals surface area contributed by atoms with Gasteiger partial charge in [0.05, 0.1) is 0 Å². The average molecular weight is 378 g/mol. The lowest BCUT2D eigenvalue weighted by molar-refractivity contribution is 0.0948. The van der Waals surface area contributed by atoms with Crippen molar-refractivity contribution in [1.29, 1.82) is 0 Å². The molecule has 1 aromatic heterocycles. The van der Waals surface area contributed by atoms with Crippen LogP contribution in [0.4, 0.5) is 10.2 Å². The van der Waals surface area contributed by atoms with E-state index >= 15 is 0 Å². The molecule has 2 N–H and O–H groups in total. The second kappa shape index (κ2) is 10.2. The third-order valence-corrected chi connectivity index (χ3v) is 4.33. The number of hydrogen-bond donors (Lipinski definition) is 2. The Morgan fingerprint density at radius 3 is 2.39 bits per heavy atom. The Kier molecular flexibility index (Phi) is 7.07. The van der Waals surface area contributed by atoms with Gasteiger partial charge in [-0.3, -0.25) is 4.79 Å². The van der Waals surface area contributed by atoms with Crippen LogP contribution in [0.25, 0.3) is 0 Å². The van der Waals surface area contributed by atoms with Crippen LogP contribution in [0.15, 0.2) is 66.7 Å². The Balaban J connectivity index is 1.39. The minimum absolute atomic E-state index is 0.239. The second-order valence-corrected chi connectivity index (χ2v) is 6.42. The molecule has 1 amide bonds. The van der Waals surface area contributed by atoms with Gasteiger partial charge in [0.2, 0.25) is 0 Å². The molecule has 0 fully saturated rings. The topological polar surface area (TPSA) is 66.9 Å². The number of carbonyl (C=O) groups is 1. The summed E-state index contributed by atoms with van der Waals surface area (Å²) in [5, 5.41) is 13.9. The lowest BCUT2D eigenvalue weighted by atomic mass is 10.1.